The van der Waals surface area contributed by atoms with E-state index in [4.69, 9.17) is 5.73 Å². The van der Waals surface area contributed by atoms with Gasteiger partial charge in [0.15, 0.2) is 5.16 Å². The Balaban J connectivity index is 2.34. The second kappa shape index (κ2) is 8.48. The van der Waals surface area contributed by atoms with Crippen molar-refractivity contribution in [1.82, 2.24) is 9.97 Å². The molecule has 0 saturated carbocycles. The van der Waals surface area contributed by atoms with E-state index >= 15 is 0 Å². The van der Waals surface area contributed by atoms with Gasteiger partial charge in [-0.25, -0.2) is 9.97 Å². The smallest absolute Gasteiger partial charge is 0.187 e. The first-order valence-electron chi connectivity index (χ1n) is 6.45. The predicted octanol–water partition coefficient (Wildman–Crippen LogP) is 3.04. The minimum atomic E-state index is 0.224. The summed E-state index contributed by atoms with van der Waals surface area (Å²) in [6, 6.07) is 0.224. The highest BCUT2D eigenvalue weighted by Crippen LogP contribution is 2.15. The van der Waals surface area contributed by atoms with Crippen LogP contribution in [0.25, 0.3) is 0 Å². The van der Waals surface area contributed by atoms with Crippen LogP contribution in [0.5, 0.6) is 0 Å². The highest BCUT2D eigenvalue weighted by Gasteiger charge is 2.03. The van der Waals surface area contributed by atoms with Crippen molar-refractivity contribution in [3.63, 3.8) is 0 Å². The van der Waals surface area contributed by atoms with Gasteiger partial charge in [-0.2, -0.15) is 0 Å². The summed E-state index contributed by atoms with van der Waals surface area (Å²) < 4.78 is 0. The first-order valence-corrected chi connectivity index (χ1v) is 7.44. The largest absolute Gasteiger partial charge is 0.327 e. The van der Waals surface area contributed by atoms with Crippen molar-refractivity contribution in [2.75, 3.05) is 5.75 Å². The van der Waals surface area contributed by atoms with E-state index in [2.05, 4.69) is 23.8 Å². The van der Waals surface area contributed by atoms with Crippen molar-refractivity contribution in [2.45, 2.75) is 57.1 Å². The van der Waals surface area contributed by atoms with Crippen molar-refractivity contribution in [3.05, 3.63) is 18.0 Å². The molecule has 2 N–H and O–H groups in total. The summed E-state index contributed by atoms with van der Waals surface area (Å²) in [6.45, 7) is 4.32. The van der Waals surface area contributed by atoms with Crippen LogP contribution in [-0.4, -0.2) is 21.8 Å². The number of aromatic nitrogens is 2. The fraction of sp³-hybridized carbons (Fsp3) is 0.692. The van der Waals surface area contributed by atoms with Gasteiger partial charge in [0.1, 0.15) is 0 Å². The molecular weight excluding hydrogens is 230 g/mol. The third-order valence-electron chi connectivity index (χ3n) is 2.68. The minimum Gasteiger partial charge on any atom is -0.327 e. The van der Waals surface area contributed by atoms with Gasteiger partial charge >= 0.3 is 0 Å². The van der Waals surface area contributed by atoms with Crippen molar-refractivity contribution in [1.29, 1.82) is 0 Å². The summed E-state index contributed by atoms with van der Waals surface area (Å²) in [5.74, 6) is 1.11. The lowest BCUT2D eigenvalue weighted by Crippen LogP contribution is -2.21. The van der Waals surface area contributed by atoms with Crippen LogP contribution in [0.15, 0.2) is 17.6 Å². The second-order valence-electron chi connectivity index (χ2n) is 4.30. The van der Waals surface area contributed by atoms with Crippen LogP contribution in [0.4, 0.5) is 0 Å². The van der Waals surface area contributed by atoms with E-state index < -0.39 is 0 Å². The lowest BCUT2D eigenvalue weighted by Gasteiger charge is -2.07. The van der Waals surface area contributed by atoms with E-state index in [1.54, 1.807) is 11.8 Å². The number of hydrogen-bond donors (Lipinski definition) is 1. The maximum absolute atomic E-state index is 5.90. The predicted molar refractivity (Wildman–Crippen MR) is 74.3 cm³/mol. The molecule has 0 aromatic carbocycles. The lowest BCUT2D eigenvalue weighted by atomic mass is 10.1. The zero-order valence-electron chi connectivity index (χ0n) is 10.9. The quantitative estimate of drug-likeness (QED) is 0.439. The molecule has 17 heavy (non-hydrogen) atoms. The molecule has 0 aliphatic heterocycles. The zero-order valence-corrected chi connectivity index (χ0v) is 11.7. The molecule has 0 amide bonds. The SMILES string of the molecule is CCCCCSc1ncc(CC(N)CC)cn1. The van der Waals surface area contributed by atoms with E-state index in [9.17, 15) is 0 Å². The Hall–Kier alpha value is -0.610. The van der Waals surface area contributed by atoms with Gasteiger partial charge in [-0.1, -0.05) is 38.5 Å². The van der Waals surface area contributed by atoms with Gasteiger partial charge < -0.3 is 5.73 Å². The molecule has 0 spiro atoms. The number of rotatable bonds is 8. The summed E-state index contributed by atoms with van der Waals surface area (Å²) in [4.78, 5) is 8.72. The maximum Gasteiger partial charge on any atom is 0.187 e. The van der Waals surface area contributed by atoms with Crippen molar-refractivity contribution >= 4 is 11.8 Å². The van der Waals surface area contributed by atoms with Gasteiger partial charge in [0, 0.05) is 24.2 Å². The molecule has 96 valence electrons. The standard InChI is InChI=1S/C13H23N3S/c1-3-5-6-7-17-13-15-9-11(10-16-13)8-12(14)4-2/h9-10,12H,3-8,14H2,1-2H3. The Kier molecular flexibility index (Phi) is 7.21. The topological polar surface area (TPSA) is 51.8 Å². The van der Waals surface area contributed by atoms with Crippen LogP contribution in [0.2, 0.25) is 0 Å². The van der Waals surface area contributed by atoms with Gasteiger partial charge in [-0.3, -0.25) is 0 Å². The number of thioether (sulfide) groups is 1. The molecule has 0 aliphatic carbocycles. The molecule has 1 aromatic rings. The van der Waals surface area contributed by atoms with Gasteiger partial charge in [-0.05, 0) is 24.8 Å². The molecule has 0 bridgehead atoms. The summed E-state index contributed by atoms with van der Waals surface area (Å²) in [6.07, 6.45) is 9.47. The zero-order chi connectivity index (χ0) is 12.5. The molecule has 0 fully saturated rings. The molecule has 1 rings (SSSR count). The molecule has 0 saturated heterocycles. The maximum atomic E-state index is 5.90. The molecule has 1 heterocycles. The summed E-state index contributed by atoms with van der Waals surface area (Å²) >= 11 is 1.74. The first-order chi connectivity index (χ1) is 8.26. The first kappa shape index (κ1) is 14.5. The molecular formula is C13H23N3S. The van der Waals surface area contributed by atoms with Crippen LogP contribution in [0, 0.1) is 0 Å². The Bertz CT molecular complexity index is 300. The van der Waals surface area contributed by atoms with Crippen molar-refractivity contribution < 1.29 is 0 Å². The monoisotopic (exact) mass is 253 g/mol. The molecule has 1 aromatic heterocycles. The fourth-order valence-electron chi connectivity index (χ4n) is 1.49. The van der Waals surface area contributed by atoms with Crippen LogP contribution in [0.3, 0.4) is 0 Å². The summed E-state index contributed by atoms with van der Waals surface area (Å²) in [5.41, 5.74) is 7.03. The van der Waals surface area contributed by atoms with Gasteiger partial charge in [-0.15, -0.1) is 0 Å². The molecule has 0 radical (unpaired) electrons. The van der Waals surface area contributed by atoms with Crippen LogP contribution in [0.1, 0.15) is 45.1 Å². The number of hydrogen-bond acceptors (Lipinski definition) is 4. The van der Waals surface area contributed by atoms with Crippen LogP contribution < -0.4 is 5.73 Å². The van der Waals surface area contributed by atoms with Crippen molar-refractivity contribution in [2.24, 2.45) is 5.73 Å². The third-order valence-corrected chi connectivity index (χ3v) is 3.64. The number of nitrogens with zero attached hydrogens (tertiary/aromatic N) is 2. The minimum absolute atomic E-state index is 0.224. The highest BCUT2D eigenvalue weighted by molar-refractivity contribution is 7.99. The fourth-order valence-corrected chi connectivity index (χ4v) is 2.27. The molecule has 0 aliphatic rings. The number of nitrogens with two attached hydrogens (primary N) is 1. The number of unbranched alkanes of at least 4 members (excludes halogenated alkanes) is 2. The Labute approximate surface area is 109 Å². The Morgan fingerprint density at radius 1 is 1.24 bits per heavy atom. The van der Waals surface area contributed by atoms with Crippen LogP contribution >= 0.6 is 11.8 Å². The van der Waals surface area contributed by atoms with Crippen LogP contribution in [-0.2, 0) is 6.42 Å². The third kappa shape index (κ3) is 6.03. The van der Waals surface area contributed by atoms with E-state index in [0.29, 0.717) is 0 Å². The average Bonchev–Trinajstić information content (AvgIpc) is 2.36. The molecule has 1 atom stereocenters. The molecule has 4 heteroatoms. The van der Waals surface area contributed by atoms with E-state index in [1.165, 1.54) is 19.3 Å². The Morgan fingerprint density at radius 2 is 1.94 bits per heavy atom. The van der Waals surface area contributed by atoms with E-state index in [1.807, 2.05) is 12.4 Å². The lowest BCUT2D eigenvalue weighted by molar-refractivity contribution is 0.641. The highest BCUT2D eigenvalue weighted by atomic mass is 32.2. The average molecular weight is 253 g/mol. The van der Waals surface area contributed by atoms with E-state index in [-0.39, 0.29) is 6.04 Å². The Morgan fingerprint density at radius 3 is 2.53 bits per heavy atom. The van der Waals surface area contributed by atoms with Gasteiger partial charge in [0.25, 0.3) is 0 Å². The van der Waals surface area contributed by atoms with E-state index in [0.717, 1.165) is 29.3 Å². The summed E-state index contributed by atoms with van der Waals surface area (Å²) in [7, 11) is 0. The molecule has 3 nitrogen and oxygen atoms in total. The van der Waals surface area contributed by atoms with Gasteiger partial charge in [0.05, 0.1) is 0 Å². The normalized spacial score (nSPS) is 12.6. The second-order valence-corrected chi connectivity index (χ2v) is 5.36. The van der Waals surface area contributed by atoms with Crippen molar-refractivity contribution in [3.8, 4) is 0 Å². The molecule has 1 unspecified atom stereocenters. The van der Waals surface area contributed by atoms with Gasteiger partial charge in [0.2, 0.25) is 0 Å². The summed E-state index contributed by atoms with van der Waals surface area (Å²) in [5, 5.41) is 0.884.